The normalized spacial score (nSPS) is 17.7. The highest BCUT2D eigenvalue weighted by atomic mass is 19.4. The maximum absolute atomic E-state index is 13.0. The first-order valence-electron chi connectivity index (χ1n) is 6.84. The number of benzene rings is 1. The van der Waals surface area contributed by atoms with Crippen LogP contribution in [0.5, 0.6) is 5.75 Å². The average molecular weight is 317 g/mol. The van der Waals surface area contributed by atoms with Crippen molar-refractivity contribution in [3.8, 4) is 5.75 Å². The van der Waals surface area contributed by atoms with Gasteiger partial charge in [-0.25, -0.2) is 0 Å². The predicted octanol–water partition coefficient (Wildman–Crippen LogP) is 3.47. The van der Waals surface area contributed by atoms with E-state index in [1.807, 2.05) is 0 Å². The summed E-state index contributed by atoms with van der Waals surface area (Å²) in [6.07, 6.45) is -2.82. The van der Waals surface area contributed by atoms with E-state index >= 15 is 0 Å². The molecule has 2 rings (SSSR count). The summed E-state index contributed by atoms with van der Waals surface area (Å²) in [7, 11) is 2.59. The van der Waals surface area contributed by atoms with Crippen LogP contribution < -0.4 is 10.1 Å². The standard InChI is InChI=1S/C15H18F3NO3/c1-14(22-3,9-4-5-9)13(20)19-10-6-7-12(21-2)11(8-10)15(16,17)18/h6-9H,4-5H2,1-3H3,(H,19,20)/t14-/m1/s1. The Morgan fingerprint density at radius 3 is 2.36 bits per heavy atom. The summed E-state index contributed by atoms with van der Waals surface area (Å²) in [5.74, 6) is -0.643. The third kappa shape index (κ3) is 3.19. The van der Waals surface area contributed by atoms with Crippen molar-refractivity contribution in [2.45, 2.75) is 31.5 Å². The number of rotatable bonds is 5. The molecule has 1 aromatic carbocycles. The Morgan fingerprint density at radius 2 is 1.91 bits per heavy atom. The number of anilines is 1. The fraction of sp³-hybridized carbons (Fsp3) is 0.533. The van der Waals surface area contributed by atoms with E-state index < -0.39 is 23.2 Å². The van der Waals surface area contributed by atoms with Crippen molar-refractivity contribution >= 4 is 11.6 Å². The smallest absolute Gasteiger partial charge is 0.420 e. The molecule has 1 amide bonds. The first kappa shape index (κ1) is 16.6. The number of hydrogen-bond donors (Lipinski definition) is 1. The second-order valence-corrected chi connectivity index (χ2v) is 5.45. The number of halogens is 3. The van der Waals surface area contributed by atoms with E-state index in [1.54, 1.807) is 6.92 Å². The van der Waals surface area contributed by atoms with Gasteiger partial charge in [-0.3, -0.25) is 4.79 Å². The predicted molar refractivity (Wildman–Crippen MR) is 74.8 cm³/mol. The van der Waals surface area contributed by atoms with Crippen LogP contribution in [0.1, 0.15) is 25.3 Å². The summed E-state index contributed by atoms with van der Waals surface area (Å²) in [4.78, 5) is 12.3. The molecule has 0 radical (unpaired) electrons. The Balaban J connectivity index is 2.25. The molecule has 1 atom stereocenters. The molecule has 1 aliphatic carbocycles. The third-order valence-corrected chi connectivity index (χ3v) is 3.99. The van der Waals surface area contributed by atoms with Gasteiger partial charge in [-0.1, -0.05) is 0 Å². The van der Waals surface area contributed by atoms with Crippen molar-refractivity contribution < 1.29 is 27.4 Å². The molecule has 1 aromatic rings. The first-order chi connectivity index (χ1) is 10.2. The second kappa shape index (κ2) is 5.79. The molecular formula is C15H18F3NO3. The molecule has 0 spiro atoms. The Morgan fingerprint density at radius 1 is 1.27 bits per heavy atom. The van der Waals surface area contributed by atoms with Gasteiger partial charge in [0.2, 0.25) is 0 Å². The Bertz CT molecular complexity index is 570. The van der Waals surface area contributed by atoms with Gasteiger partial charge in [0.25, 0.3) is 5.91 Å². The molecule has 7 heteroatoms. The number of carbonyl (C=O) groups excluding carboxylic acids is 1. The quantitative estimate of drug-likeness (QED) is 0.904. The maximum Gasteiger partial charge on any atom is 0.420 e. The molecule has 0 heterocycles. The molecule has 1 N–H and O–H groups in total. The summed E-state index contributed by atoms with van der Waals surface area (Å²) < 4.78 is 48.9. The number of methoxy groups -OCH3 is 2. The van der Waals surface area contributed by atoms with E-state index in [2.05, 4.69) is 5.32 Å². The number of hydrogen-bond acceptors (Lipinski definition) is 3. The highest BCUT2D eigenvalue weighted by Gasteiger charge is 2.47. The van der Waals surface area contributed by atoms with Crippen LogP contribution in [-0.4, -0.2) is 25.7 Å². The lowest BCUT2D eigenvalue weighted by atomic mass is 9.99. The van der Waals surface area contributed by atoms with Crippen LogP contribution in [0, 0.1) is 5.92 Å². The highest BCUT2D eigenvalue weighted by Crippen LogP contribution is 2.42. The summed E-state index contributed by atoms with van der Waals surface area (Å²) in [5.41, 5.74) is -1.90. The second-order valence-electron chi connectivity index (χ2n) is 5.45. The van der Waals surface area contributed by atoms with Crippen LogP contribution in [0.3, 0.4) is 0 Å². The van der Waals surface area contributed by atoms with Gasteiger partial charge in [-0.05, 0) is 43.9 Å². The third-order valence-electron chi connectivity index (χ3n) is 3.99. The summed E-state index contributed by atoms with van der Waals surface area (Å²) in [5, 5.41) is 2.50. The van der Waals surface area contributed by atoms with Gasteiger partial charge < -0.3 is 14.8 Å². The van der Waals surface area contributed by atoms with Crippen LogP contribution in [0.25, 0.3) is 0 Å². The monoisotopic (exact) mass is 317 g/mol. The van der Waals surface area contributed by atoms with Crippen LogP contribution in [0.2, 0.25) is 0 Å². The topological polar surface area (TPSA) is 47.6 Å². The molecule has 0 aliphatic heterocycles. The Hall–Kier alpha value is -1.76. The van der Waals surface area contributed by atoms with Crippen molar-refractivity contribution in [2.75, 3.05) is 19.5 Å². The lowest BCUT2D eigenvalue weighted by Gasteiger charge is -2.27. The summed E-state index contributed by atoms with van der Waals surface area (Å²) in [6.45, 7) is 1.65. The van der Waals surface area contributed by atoms with Gasteiger partial charge in [0.1, 0.15) is 11.4 Å². The molecule has 0 saturated heterocycles. The van der Waals surface area contributed by atoms with Crippen molar-refractivity contribution in [2.24, 2.45) is 5.92 Å². The van der Waals surface area contributed by atoms with Crippen molar-refractivity contribution in [1.82, 2.24) is 0 Å². The van der Waals surface area contributed by atoms with Crippen LogP contribution in [-0.2, 0) is 15.7 Å². The first-order valence-corrected chi connectivity index (χ1v) is 6.84. The Kier molecular flexibility index (Phi) is 4.37. The molecule has 1 fully saturated rings. The molecule has 122 valence electrons. The lowest BCUT2D eigenvalue weighted by Crippen LogP contribution is -2.44. The zero-order valence-electron chi connectivity index (χ0n) is 12.6. The van der Waals surface area contributed by atoms with Crippen molar-refractivity contribution in [3.63, 3.8) is 0 Å². The molecule has 0 bridgehead atoms. The molecule has 22 heavy (non-hydrogen) atoms. The number of nitrogens with one attached hydrogen (secondary N) is 1. The van der Waals surface area contributed by atoms with Gasteiger partial charge in [-0.2, -0.15) is 13.2 Å². The van der Waals surface area contributed by atoms with E-state index in [1.165, 1.54) is 19.2 Å². The fourth-order valence-corrected chi connectivity index (χ4v) is 2.34. The van der Waals surface area contributed by atoms with E-state index in [4.69, 9.17) is 9.47 Å². The highest BCUT2D eigenvalue weighted by molar-refractivity contribution is 5.97. The van der Waals surface area contributed by atoms with Crippen molar-refractivity contribution in [3.05, 3.63) is 23.8 Å². The maximum atomic E-state index is 13.0. The zero-order chi connectivity index (χ0) is 16.5. The summed E-state index contributed by atoms with van der Waals surface area (Å²) in [6, 6.07) is 3.41. The minimum atomic E-state index is -4.56. The molecule has 1 aliphatic rings. The van der Waals surface area contributed by atoms with Gasteiger partial charge in [0, 0.05) is 12.8 Å². The van der Waals surface area contributed by atoms with Gasteiger partial charge in [-0.15, -0.1) is 0 Å². The van der Waals surface area contributed by atoms with E-state index in [0.717, 1.165) is 26.0 Å². The van der Waals surface area contributed by atoms with Gasteiger partial charge in [0.15, 0.2) is 0 Å². The number of carbonyl (C=O) groups is 1. The van der Waals surface area contributed by atoms with E-state index in [9.17, 15) is 18.0 Å². The van der Waals surface area contributed by atoms with Gasteiger partial charge >= 0.3 is 6.18 Å². The summed E-state index contributed by atoms with van der Waals surface area (Å²) >= 11 is 0. The molecule has 1 saturated carbocycles. The molecule has 0 unspecified atom stereocenters. The van der Waals surface area contributed by atoms with Gasteiger partial charge in [0.05, 0.1) is 12.7 Å². The van der Waals surface area contributed by atoms with Crippen LogP contribution in [0.15, 0.2) is 18.2 Å². The number of amides is 1. The minimum absolute atomic E-state index is 0.0575. The Labute approximate surface area is 126 Å². The van der Waals surface area contributed by atoms with Crippen molar-refractivity contribution in [1.29, 1.82) is 0 Å². The average Bonchev–Trinajstić information content (AvgIpc) is 3.30. The minimum Gasteiger partial charge on any atom is -0.496 e. The fourth-order valence-electron chi connectivity index (χ4n) is 2.34. The molecular weight excluding hydrogens is 299 g/mol. The van der Waals surface area contributed by atoms with E-state index in [0.29, 0.717) is 0 Å². The van der Waals surface area contributed by atoms with Crippen LogP contribution in [0.4, 0.5) is 18.9 Å². The molecule has 0 aromatic heterocycles. The van der Waals surface area contributed by atoms with E-state index in [-0.39, 0.29) is 17.4 Å². The number of alkyl halides is 3. The zero-order valence-corrected chi connectivity index (χ0v) is 12.6. The number of ether oxygens (including phenoxy) is 2. The largest absolute Gasteiger partial charge is 0.496 e. The SMILES string of the molecule is COc1ccc(NC(=O)[C@](C)(OC)C2CC2)cc1C(F)(F)F. The lowest BCUT2D eigenvalue weighted by molar-refractivity contribution is -0.139. The van der Waals surface area contributed by atoms with Crippen LogP contribution >= 0.6 is 0 Å². The molecule has 4 nitrogen and oxygen atoms in total.